The summed E-state index contributed by atoms with van der Waals surface area (Å²) in [5, 5.41) is 7.58. The molecule has 2 aromatic heterocycles. The van der Waals surface area contributed by atoms with Crippen LogP contribution in [0.2, 0.25) is 0 Å². The molecule has 0 atom stereocenters. The number of anilines is 1. The van der Waals surface area contributed by atoms with E-state index in [-0.39, 0.29) is 11.6 Å². The predicted molar refractivity (Wildman–Crippen MR) is 90.3 cm³/mol. The maximum absolute atomic E-state index is 12.4. The first-order valence-electron chi connectivity index (χ1n) is 7.96. The van der Waals surface area contributed by atoms with E-state index < -0.39 is 0 Å². The van der Waals surface area contributed by atoms with Gasteiger partial charge in [-0.2, -0.15) is 5.10 Å². The zero-order valence-electron chi connectivity index (χ0n) is 13.3. The second kappa shape index (κ2) is 5.88. The van der Waals surface area contributed by atoms with Crippen LogP contribution in [-0.2, 0) is 0 Å². The number of benzene rings is 1. The Morgan fingerprint density at radius 3 is 2.62 bits per heavy atom. The van der Waals surface area contributed by atoms with E-state index in [4.69, 9.17) is 0 Å². The minimum Gasteiger partial charge on any atom is -0.305 e. The number of carbonyl (C=O) groups is 1. The molecule has 120 valence electrons. The maximum atomic E-state index is 12.4. The predicted octanol–water partition coefficient (Wildman–Crippen LogP) is 3.10. The summed E-state index contributed by atoms with van der Waals surface area (Å²) in [6, 6.07) is 11.7. The van der Waals surface area contributed by atoms with E-state index >= 15 is 0 Å². The van der Waals surface area contributed by atoms with Gasteiger partial charge in [0.1, 0.15) is 11.5 Å². The van der Waals surface area contributed by atoms with Gasteiger partial charge in [0, 0.05) is 18.2 Å². The van der Waals surface area contributed by atoms with Gasteiger partial charge in [0.15, 0.2) is 0 Å². The first-order chi connectivity index (χ1) is 11.7. The average Bonchev–Trinajstić information content (AvgIpc) is 3.37. The summed E-state index contributed by atoms with van der Waals surface area (Å²) in [4.78, 5) is 20.7. The number of nitrogens with zero attached hydrogens (tertiary/aromatic N) is 4. The molecule has 4 rings (SSSR count). The van der Waals surface area contributed by atoms with Crippen molar-refractivity contribution in [2.45, 2.75) is 25.7 Å². The number of amides is 1. The Morgan fingerprint density at radius 2 is 1.96 bits per heavy atom. The Labute approximate surface area is 139 Å². The van der Waals surface area contributed by atoms with Crippen molar-refractivity contribution in [3.63, 3.8) is 0 Å². The fourth-order valence-corrected chi connectivity index (χ4v) is 2.52. The smallest absolute Gasteiger partial charge is 0.277 e. The lowest BCUT2D eigenvalue weighted by Gasteiger charge is -2.08. The number of nitrogens with one attached hydrogen (secondary N) is 1. The van der Waals surface area contributed by atoms with Crippen LogP contribution in [0.4, 0.5) is 5.82 Å². The summed E-state index contributed by atoms with van der Waals surface area (Å²) in [6.07, 6.45) is 5.37. The average molecular weight is 319 g/mol. The number of hydrogen-bond acceptors (Lipinski definition) is 4. The van der Waals surface area contributed by atoms with E-state index in [1.807, 2.05) is 43.3 Å². The highest BCUT2D eigenvalue weighted by molar-refractivity contribution is 6.02. The molecule has 2 heterocycles. The van der Waals surface area contributed by atoms with Crippen LogP contribution < -0.4 is 5.32 Å². The molecule has 24 heavy (non-hydrogen) atoms. The fourth-order valence-electron chi connectivity index (χ4n) is 2.52. The first-order valence-corrected chi connectivity index (χ1v) is 7.96. The third kappa shape index (κ3) is 2.90. The number of hydrogen-bond donors (Lipinski definition) is 1. The summed E-state index contributed by atoms with van der Waals surface area (Å²) in [6.45, 7) is 1.83. The zero-order chi connectivity index (χ0) is 16.5. The first kappa shape index (κ1) is 14.6. The van der Waals surface area contributed by atoms with Crippen LogP contribution in [0.5, 0.6) is 0 Å². The molecule has 0 unspecified atom stereocenters. The standard InChI is InChI=1S/C18H17N5O/c1-12-10-20-16(11-19-12)18(24)21-17-9-15(13-7-8-13)22-23(17)14-5-3-2-4-6-14/h2-6,9-11,13H,7-8H2,1H3,(H,21,24). The summed E-state index contributed by atoms with van der Waals surface area (Å²) in [5.74, 6) is 0.863. The van der Waals surface area contributed by atoms with E-state index in [0.29, 0.717) is 11.7 Å². The van der Waals surface area contributed by atoms with Gasteiger partial charge in [-0.1, -0.05) is 18.2 Å². The molecule has 1 N–H and O–H groups in total. The molecule has 0 aliphatic heterocycles. The van der Waals surface area contributed by atoms with E-state index in [0.717, 1.165) is 29.9 Å². The van der Waals surface area contributed by atoms with E-state index in [2.05, 4.69) is 20.4 Å². The SMILES string of the molecule is Cc1cnc(C(=O)Nc2cc(C3CC3)nn2-c2ccccc2)cn1. The van der Waals surface area contributed by atoms with Crippen LogP contribution in [-0.4, -0.2) is 25.7 Å². The highest BCUT2D eigenvalue weighted by Gasteiger charge is 2.28. The lowest BCUT2D eigenvalue weighted by atomic mass is 10.3. The van der Waals surface area contributed by atoms with Gasteiger partial charge < -0.3 is 5.32 Å². The highest BCUT2D eigenvalue weighted by atomic mass is 16.2. The van der Waals surface area contributed by atoms with Crippen molar-refractivity contribution in [1.29, 1.82) is 0 Å². The zero-order valence-corrected chi connectivity index (χ0v) is 13.3. The van der Waals surface area contributed by atoms with Crippen LogP contribution in [0.25, 0.3) is 5.69 Å². The molecule has 0 spiro atoms. The fraction of sp³-hybridized carbons (Fsp3) is 0.222. The van der Waals surface area contributed by atoms with Crippen LogP contribution in [0.3, 0.4) is 0 Å². The van der Waals surface area contributed by atoms with Crippen LogP contribution in [0, 0.1) is 6.92 Å². The lowest BCUT2D eigenvalue weighted by molar-refractivity contribution is 0.102. The second-order valence-electron chi connectivity index (χ2n) is 5.97. The van der Waals surface area contributed by atoms with Gasteiger partial charge in [-0.3, -0.25) is 9.78 Å². The molecular formula is C18H17N5O. The molecule has 1 aromatic carbocycles. The largest absolute Gasteiger partial charge is 0.305 e. The highest BCUT2D eigenvalue weighted by Crippen LogP contribution is 2.40. The number of aryl methyl sites for hydroxylation is 1. The lowest BCUT2D eigenvalue weighted by Crippen LogP contribution is -2.16. The number of carbonyl (C=O) groups excluding carboxylic acids is 1. The molecule has 1 fully saturated rings. The van der Waals surface area contributed by atoms with E-state index in [1.54, 1.807) is 10.9 Å². The van der Waals surface area contributed by atoms with Crippen LogP contribution in [0.15, 0.2) is 48.8 Å². The van der Waals surface area contributed by atoms with E-state index in [9.17, 15) is 4.79 Å². The van der Waals surface area contributed by atoms with Gasteiger partial charge in [0.05, 0.1) is 23.3 Å². The van der Waals surface area contributed by atoms with Gasteiger partial charge in [0.2, 0.25) is 0 Å². The molecule has 6 nitrogen and oxygen atoms in total. The molecular weight excluding hydrogens is 302 g/mol. The number of para-hydroxylation sites is 1. The molecule has 0 saturated heterocycles. The van der Waals surface area contributed by atoms with E-state index in [1.165, 1.54) is 6.20 Å². The maximum Gasteiger partial charge on any atom is 0.277 e. The van der Waals surface area contributed by atoms with Crippen molar-refractivity contribution in [2.24, 2.45) is 0 Å². The molecule has 6 heteroatoms. The third-order valence-corrected chi connectivity index (χ3v) is 3.98. The number of aromatic nitrogens is 4. The minimum absolute atomic E-state index is 0.286. The van der Waals surface area contributed by atoms with Crippen LogP contribution in [0.1, 0.15) is 40.6 Å². The number of rotatable bonds is 4. The summed E-state index contributed by atoms with van der Waals surface area (Å²) >= 11 is 0. The third-order valence-electron chi connectivity index (χ3n) is 3.98. The molecule has 1 amide bonds. The van der Waals surface area contributed by atoms with Gasteiger partial charge in [-0.25, -0.2) is 9.67 Å². The van der Waals surface area contributed by atoms with Crippen molar-refractivity contribution in [3.05, 3.63) is 65.9 Å². The Balaban J connectivity index is 1.66. The Bertz CT molecular complexity index is 866. The summed E-state index contributed by atoms with van der Waals surface area (Å²) in [7, 11) is 0. The Kier molecular flexibility index (Phi) is 3.57. The van der Waals surface area contributed by atoms with Crippen LogP contribution >= 0.6 is 0 Å². The van der Waals surface area contributed by atoms with Gasteiger partial charge in [-0.15, -0.1) is 0 Å². The molecule has 0 bridgehead atoms. The topological polar surface area (TPSA) is 72.7 Å². The van der Waals surface area contributed by atoms with Crippen molar-refractivity contribution >= 4 is 11.7 Å². The molecule has 1 saturated carbocycles. The molecule has 1 aliphatic rings. The monoisotopic (exact) mass is 319 g/mol. The Hall–Kier alpha value is -3.02. The van der Waals surface area contributed by atoms with Crippen molar-refractivity contribution < 1.29 is 4.79 Å². The van der Waals surface area contributed by atoms with Crippen molar-refractivity contribution in [3.8, 4) is 5.69 Å². The summed E-state index contributed by atoms with van der Waals surface area (Å²) in [5.41, 5.74) is 2.99. The van der Waals surface area contributed by atoms with Crippen molar-refractivity contribution in [1.82, 2.24) is 19.7 Å². The Morgan fingerprint density at radius 1 is 1.17 bits per heavy atom. The molecule has 3 aromatic rings. The summed E-state index contributed by atoms with van der Waals surface area (Å²) < 4.78 is 1.77. The second-order valence-corrected chi connectivity index (χ2v) is 5.97. The van der Waals surface area contributed by atoms with Gasteiger partial charge in [-0.05, 0) is 31.9 Å². The van der Waals surface area contributed by atoms with Gasteiger partial charge in [0.25, 0.3) is 5.91 Å². The molecule has 0 radical (unpaired) electrons. The normalized spacial score (nSPS) is 13.7. The van der Waals surface area contributed by atoms with Gasteiger partial charge >= 0.3 is 0 Å². The van der Waals surface area contributed by atoms with Crippen molar-refractivity contribution in [2.75, 3.05) is 5.32 Å². The molecule has 1 aliphatic carbocycles. The minimum atomic E-state index is -0.290. The quantitative estimate of drug-likeness (QED) is 0.802.